The van der Waals surface area contributed by atoms with Crippen LogP contribution in [0.5, 0.6) is 0 Å². The van der Waals surface area contributed by atoms with Crippen LogP contribution < -0.4 is 5.73 Å². The highest BCUT2D eigenvalue weighted by atomic mass is 32.1. The van der Waals surface area contributed by atoms with Crippen LogP contribution in [0.3, 0.4) is 0 Å². The monoisotopic (exact) mass is 274 g/mol. The Morgan fingerprint density at radius 1 is 1.37 bits per heavy atom. The number of hydrogen-bond donors (Lipinski definition) is 1. The summed E-state index contributed by atoms with van der Waals surface area (Å²) in [6.07, 6.45) is 6.05. The number of fused-ring (bicyclic) bond motifs is 1. The number of hydrogen-bond acceptors (Lipinski definition) is 2. The molecule has 1 aliphatic heterocycles. The van der Waals surface area contributed by atoms with Crippen molar-refractivity contribution in [2.75, 3.05) is 6.61 Å². The SMILES string of the molecule is NC(=S)c1ccc2ccn(CC3CCCCO3)c2c1. The lowest BCUT2D eigenvalue weighted by Crippen LogP contribution is -2.24. The molecule has 1 atom stereocenters. The Hall–Kier alpha value is -1.39. The Labute approximate surface area is 118 Å². The van der Waals surface area contributed by atoms with Crippen molar-refractivity contribution in [1.82, 2.24) is 4.57 Å². The van der Waals surface area contributed by atoms with Gasteiger partial charge in [0.15, 0.2) is 0 Å². The predicted molar refractivity (Wildman–Crippen MR) is 81.4 cm³/mol. The Kier molecular flexibility index (Phi) is 3.53. The number of aromatic nitrogens is 1. The molecule has 3 nitrogen and oxygen atoms in total. The third-order valence-electron chi connectivity index (χ3n) is 3.73. The molecule has 0 spiro atoms. The first-order chi connectivity index (χ1) is 9.24. The predicted octanol–water partition coefficient (Wildman–Crippen LogP) is 2.84. The summed E-state index contributed by atoms with van der Waals surface area (Å²) in [7, 11) is 0. The Morgan fingerprint density at radius 3 is 3.00 bits per heavy atom. The molecule has 1 unspecified atom stereocenters. The Morgan fingerprint density at radius 2 is 2.26 bits per heavy atom. The van der Waals surface area contributed by atoms with Gasteiger partial charge in [-0.3, -0.25) is 0 Å². The molecule has 2 heterocycles. The maximum atomic E-state index is 5.81. The van der Waals surface area contributed by atoms with Crippen LogP contribution in [0.4, 0.5) is 0 Å². The highest BCUT2D eigenvalue weighted by molar-refractivity contribution is 7.80. The number of rotatable bonds is 3. The molecule has 19 heavy (non-hydrogen) atoms. The molecule has 4 heteroatoms. The molecule has 0 saturated carbocycles. The number of benzene rings is 1. The molecule has 1 fully saturated rings. The highest BCUT2D eigenvalue weighted by Gasteiger charge is 2.15. The van der Waals surface area contributed by atoms with Crippen LogP contribution in [0, 0.1) is 0 Å². The van der Waals surface area contributed by atoms with Gasteiger partial charge in [-0.2, -0.15) is 0 Å². The second-order valence-corrected chi connectivity index (χ2v) is 5.53. The van der Waals surface area contributed by atoms with Crippen LogP contribution in [-0.4, -0.2) is 22.3 Å². The van der Waals surface area contributed by atoms with Gasteiger partial charge in [-0.05, 0) is 36.8 Å². The van der Waals surface area contributed by atoms with Crippen molar-refractivity contribution in [3.63, 3.8) is 0 Å². The number of nitrogens with zero attached hydrogens (tertiary/aromatic N) is 1. The van der Waals surface area contributed by atoms with E-state index in [0.717, 1.165) is 25.1 Å². The first kappa shape index (κ1) is 12.6. The molecule has 0 radical (unpaired) electrons. The Bertz CT molecular complexity index is 599. The van der Waals surface area contributed by atoms with E-state index in [9.17, 15) is 0 Å². The van der Waals surface area contributed by atoms with Crippen molar-refractivity contribution < 1.29 is 4.74 Å². The summed E-state index contributed by atoms with van der Waals surface area (Å²) >= 11 is 5.05. The molecular formula is C15H18N2OS. The minimum absolute atomic E-state index is 0.331. The highest BCUT2D eigenvalue weighted by Crippen LogP contribution is 2.21. The molecule has 3 rings (SSSR count). The van der Waals surface area contributed by atoms with E-state index in [1.54, 1.807) is 0 Å². The standard InChI is InChI=1S/C15H18N2OS/c16-15(19)12-5-4-11-6-7-17(14(11)9-12)10-13-3-1-2-8-18-13/h4-7,9,13H,1-3,8,10H2,(H2,16,19). The molecule has 1 aromatic carbocycles. The minimum atomic E-state index is 0.331. The van der Waals surface area contributed by atoms with Gasteiger partial charge in [-0.15, -0.1) is 0 Å². The average Bonchev–Trinajstić information content (AvgIpc) is 2.82. The summed E-state index contributed by atoms with van der Waals surface area (Å²) in [4.78, 5) is 0.448. The van der Waals surface area contributed by atoms with E-state index in [2.05, 4.69) is 29.0 Å². The number of nitrogens with two attached hydrogens (primary N) is 1. The lowest BCUT2D eigenvalue weighted by atomic mass is 10.1. The Balaban J connectivity index is 1.89. The first-order valence-electron chi connectivity index (χ1n) is 6.74. The fraction of sp³-hybridized carbons (Fsp3) is 0.400. The van der Waals surface area contributed by atoms with Crippen LogP contribution in [0.15, 0.2) is 30.5 Å². The largest absolute Gasteiger partial charge is 0.389 e. The van der Waals surface area contributed by atoms with Crippen molar-refractivity contribution in [3.05, 3.63) is 36.0 Å². The van der Waals surface area contributed by atoms with Crippen LogP contribution in [-0.2, 0) is 11.3 Å². The molecule has 0 amide bonds. The van der Waals surface area contributed by atoms with Crippen molar-refractivity contribution in [2.45, 2.75) is 31.9 Å². The molecule has 2 aromatic rings. The zero-order valence-corrected chi connectivity index (χ0v) is 11.7. The van der Waals surface area contributed by atoms with Crippen LogP contribution in [0.1, 0.15) is 24.8 Å². The molecular weight excluding hydrogens is 256 g/mol. The molecule has 1 aliphatic rings. The molecule has 0 bridgehead atoms. The van der Waals surface area contributed by atoms with E-state index in [-0.39, 0.29) is 0 Å². The molecule has 0 aliphatic carbocycles. The molecule has 1 saturated heterocycles. The van der Waals surface area contributed by atoms with Gasteiger partial charge < -0.3 is 15.0 Å². The molecule has 2 N–H and O–H groups in total. The van der Waals surface area contributed by atoms with Gasteiger partial charge in [0.05, 0.1) is 6.10 Å². The van der Waals surface area contributed by atoms with E-state index < -0.39 is 0 Å². The van der Waals surface area contributed by atoms with E-state index >= 15 is 0 Å². The van der Waals surface area contributed by atoms with Crippen LogP contribution in [0.25, 0.3) is 10.9 Å². The summed E-state index contributed by atoms with van der Waals surface area (Å²) in [5, 5.41) is 1.22. The van der Waals surface area contributed by atoms with Gasteiger partial charge in [-0.25, -0.2) is 0 Å². The summed E-state index contributed by atoms with van der Waals surface area (Å²) in [5.74, 6) is 0. The van der Waals surface area contributed by atoms with Gasteiger partial charge in [0.2, 0.25) is 0 Å². The zero-order chi connectivity index (χ0) is 13.2. The van der Waals surface area contributed by atoms with Crippen molar-refractivity contribution in [1.29, 1.82) is 0 Å². The lowest BCUT2D eigenvalue weighted by molar-refractivity contribution is 0.00670. The van der Waals surface area contributed by atoms with Crippen LogP contribution in [0.2, 0.25) is 0 Å². The fourth-order valence-corrected chi connectivity index (χ4v) is 2.79. The van der Waals surface area contributed by atoms with Crippen molar-refractivity contribution in [3.8, 4) is 0 Å². The van der Waals surface area contributed by atoms with Gasteiger partial charge in [-0.1, -0.05) is 24.4 Å². The third kappa shape index (κ3) is 2.65. The smallest absolute Gasteiger partial charge is 0.104 e. The van der Waals surface area contributed by atoms with Crippen molar-refractivity contribution >= 4 is 28.1 Å². The second-order valence-electron chi connectivity index (χ2n) is 5.09. The van der Waals surface area contributed by atoms with E-state index in [4.69, 9.17) is 22.7 Å². The summed E-state index contributed by atoms with van der Waals surface area (Å²) in [5.41, 5.74) is 7.81. The lowest BCUT2D eigenvalue weighted by Gasteiger charge is -2.23. The topological polar surface area (TPSA) is 40.2 Å². The maximum absolute atomic E-state index is 5.81. The zero-order valence-electron chi connectivity index (χ0n) is 10.8. The summed E-state index contributed by atoms with van der Waals surface area (Å²) in [6.45, 7) is 1.80. The normalized spacial score (nSPS) is 19.7. The van der Waals surface area contributed by atoms with Crippen molar-refractivity contribution in [2.24, 2.45) is 5.73 Å². The van der Waals surface area contributed by atoms with E-state index in [1.165, 1.54) is 23.7 Å². The third-order valence-corrected chi connectivity index (χ3v) is 3.97. The summed E-state index contributed by atoms with van der Waals surface area (Å²) < 4.78 is 8.05. The number of thiocarbonyl (C=S) groups is 1. The van der Waals surface area contributed by atoms with E-state index in [0.29, 0.717) is 11.1 Å². The van der Waals surface area contributed by atoms with Gasteiger partial charge in [0.25, 0.3) is 0 Å². The van der Waals surface area contributed by atoms with Crippen LogP contribution >= 0.6 is 12.2 Å². The summed E-state index contributed by atoms with van der Waals surface area (Å²) in [6, 6.07) is 8.25. The molecule has 100 valence electrons. The fourth-order valence-electron chi connectivity index (χ4n) is 2.67. The minimum Gasteiger partial charge on any atom is -0.389 e. The molecule has 1 aromatic heterocycles. The second kappa shape index (κ2) is 5.31. The quantitative estimate of drug-likeness (QED) is 0.875. The van der Waals surface area contributed by atoms with Gasteiger partial charge in [0, 0.05) is 30.4 Å². The average molecular weight is 274 g/mol. The first-order valence-corrected chi connectivity index (χ1v) is 7.15. The van der Waals surface area contributed by atoms with Gasteiger partial charge in [0.1, 0.15) is 4.99 Å². The number of ether oxygens (including phenoxy) is 1. The van der Waals surface area contributed by atoms with Gasteiger partial charge >= 0.3 is 0 Å². The maximum Gasteiger partial charge on any atom is 0.104 e. The van der Waals surface area contributed by atoms with E-state index in [1.807, 2.05) is 6.07 Å².